The molecule has 0 fully saturated rings. The molecule has 0 aromatic carbocycles. The monoisotopic (exact) mass is 212 g/mol. The molecule has 1 aliphatic rings. The van der Waals surface area contributed by atoms with Gasteiger partial charge in [-0.1, -0.05) is 0 Å². The summed E-state index contributed by atoms with van der Waals surface area (Å²) in [5.41, 5.74) is -5.51. The van der Waals surface area contributed by atoms with Crippen LogP contribution in [0.1, 0.15) is 0 Å². The Hall–Kier alpha value is -0.820. The van der Waals surface area contributed by atoms with E-state index in [-0.39, 0.29) is 0 Å². The molecular weight excluding hydrogens is 212 g/mol. The lowest BCUT2D eigenvalue weighted by Gasteiger charge is -2.39. The van der Waals surface area contributed by atoms with Gasteiger partial charge >= 0.3 is 17.8 Å². The first-order valence-electron chi connectivity index (χ1n) is 2.76. The zero-order valence-corrected chi connectivity index (χ0v) is 5.52. The minimum absolute atomic E-state index is 3.01. The summed E-state index contributed by atoms with van der Waals surface area (Å²) in [4.78, 5) is 0. The van der Waals surface area contributed by atoms with E-state index in [1.807, 2.05) is 0 Å². The Kier molecular flexibility index (Phi) is 1.70. The van der Waals surface area contributed by atoms with Crippen molar-refractivity contribution in [1.82, 2.24) is 0 Å². The van der Waals surface area contributed by atoms with Crippen LogP contribution in [0.2, 0.25) is 0 Å². The fourth-order valence-corrected chi connectivity index (χ4v) is 0.818. The molecule has 0 aliphatic heterocycles. The van der Waals surface area contributed by atoms with Crippen LogP contribution >= 0.6 is 0 Å². The van der Waals surface area contributed by atoms with E-state index >= 15 is 0 Å². The van der Waals surface area contributed by atoms with E-state index < -0.39 is 29.4 Å². The molecule has 0 spiro atoms. The summed E-state index contributed by atoms with van der Waals surface area (Å²) < 4.78 is 94.3. The van der Waals surface area contributed by atoms with Crippen LogP contribution in [0, 0.1) is 0 Å². The molecule has 13 heavy (non-hydrogen) atoms. The second-order valence-electron chi connectivity index (χ2n) is 2.36. The molecule has 0 radical (unpaired) electrons. The number of allylic oxidation sites excluding steroid dienone is 2. The lowest BCUT2D eigenvalue weighted by Crippen LogP contribution is -2.63. The van der Waals surface area contributed by atoms with Crippen molar-refractivity contribution >= 4 is 0 Å². The molecule has 0 N–H and O–H groups in total. The molecule has 0 aromatic heterocycles. The van der Waals surface area contributed by atoms with Gasteiger partial charge in [0, 0.05) is 0 Å². The van der Waals surface area contributed by atoms with Crippen LogP contribution < -0.4 is 0 Å². The summed E-state index contributed by atoms with van der Waals surface area (Å²) in [7, 11) is 0. The molecule has 0 bridgehead atoms. The maximum atomic E-state index is 12.3. The van der Waals surface area contributed by atoms with Crippen LogP contribution in [0.15, 0.2) is 11.7 Å². The molecule has 0 amide bonds. The van der Waals surface area contributed by atoms with Crippen molar-refractivity contribution in [1.29, 1.82) is 0 Å². The predicted octanol–water partition coefficient (Wildman–Crippen LogP) is 3.06. The van der Waals surface area contributed by atoms with Crippen LogP contribution in [0.25, 0.3) is 0 Å². The van der Waals surface area contributed by atoms with Gasteiger partial charge in [0.15, 0.2) is 5.83 Å². The van der Waals surface area contributed by atoms with Crippen LogP contribution in [0.5, 0.6) is 0 Å². The van der Waals surface area contributed by atoms with Crippen LogP contribution in [-0.4, -0.2) is 17.8 Å². The lowest BCUT2D eigenvalue weighted by molar-refractivity contribution is -0.305. The summed E-state index contributed by atoms with van der Waals surface area (Å²) in [6, 6.07) is 0. The van der Waals surface area contributed by atoms with E-state index in [0.717, 1.165) is 0 Å². The third-order valence-corrected chi connectivity index (χ3v) is 1.59. The second kappa shape index (κ2) is 2.16. The first-order valence-corrected chi connectivity index (χ1v) is 2.76. The third-order valence-electron chi connectivity index (χ3n) is 1.59. The van der Waals surface area contributed by atoms with Crippen molar-refractivity contribution < 1.29 is 35.1 Å². The summed E-state index contributed by atoms with van der Waals surface area (Å²) >= 11 is 0. The van der Waals surface area contributed by atoms with Crippen molar-refractivity contribution in [2.24, 2.45) is 0 Å². The predicted molar refractivity (Wildman–Crippen MR) is 24.1 cm³/mol. The smallest absolute Gasteiger partial charge is 0.218 e. The molecule has 0 aromatic rings. The molecular formula is C5F8. The lowest BCUT2D eigenvalue weighted by atomic mass is 9.83. The highest BCUT2D eigenvalue weighted by Crippen LogP contribution is 2.62. The number of hydrogen-bond acceptors (Lipinski definition) is 0. The molecule has 1 aliphatic carbocycles. The number of hydrogen-bond donors (Lipinski definition) is 0. The van der Waals surface area contributed by atoms with Gasteiger partial charge in [0.2, 0.25) is 5.83 Å². The average Bonchev–Trinajstić information content (AvgIpc) is 1.98. The van der Waals surface area contributed by atoms with E-state index in [0.29, 0.717) is 0 Å². The van der Waals surface area contributed by atoms with Gasteiger partial charge in [0.1, 0.15) is 0 Å². The van der Waals surface area contributed by atoms with E-state index in [4.69, 9.17) is 0 Å². The maximum Gasteiger partial charge on any atom is 0.435 e. The topological polar surface area (TPSA) is 0 Å². The molecule has 0 heterocycles. The number of alkyl halides is 6. The number of rotatable bonds is 0. The van der Waals surface area contributed by atoms with Gasteiger partial charge in [0.05, 0.1) is 0 Å². The Labute approximate surface area is 65.8 Å². The first-order chi connectivity index (χ1) is 5.57. The average molecular weight is 212 g/mol. The standard InChI is InChI=1S/C5F8/c6-1-2(7)4(9,10)3(1,8)5(11,12)13. The Balaban J connectivity index is 3.25. The normalized spacial score (nSPS) is 33.2. The molecule has 76 valence electrons. The minimum Gasteiger partial charge on any atom is -0.218 e. The summed E-state index contributed by atoms with van der Waals surface area (Å²) in [6.45, 7) is 0. The Bertz CT molecular complexity index is 273. The highest BCUT2D eigenvalue weighted by atomic mass is 19.4. The summed E-state index contributed by atoms with van der Waals surface area (Å²) in [5.74, 6) is -11.6. The molecule has 0 saturated carbocycles. The van der Waals surface area contributed by atoms with E-state index in [1.165, 1.54) is 0 Å². The molecule has 0 nitrogen and oxygen atoms in total. The first kappa shape index (κ1) is 10.3. The van der Waals surface area contributed by atoms with Crippen LogP contribution in [-0.2, 0) is 0 Å². The molecule has 1 unspecified atom stereocenters. The zero-order valence-electron chi connectivity index (χ0n) is 5.52. The van der Waals surface area contributed by atoms with Crippen molar-refractivity contribution in [3.63, 3.8) is 0 Å². The highest BCUT2D eigenvalue weighted by Gasteiger charge is 2.84. The highest BCUT2D eigenvalue weighted by molar-refractivity contribution is 5.40. The summed E-state index contributed by atoms with van der Waals surface area (Å²) in [5, 5.41) is 0. The Morgan fingerprint density at radius 3 is 1.38 bits per heavy atom. The van der Waals surface area contributed by atoms with E-state index in [2.05, 4.69) is 0 Å². The van der Waals surface area contributed by atoms with Gasteiger partial charge in [-0.3, -0.25) is 0 Å². The van der Waals surface area contributed by atoms with Crippen molar-refractivity contribution in [3.05, 3.63) is 11.7 Å². The third kappa shape index (κ3) is 0.856. The molecule has 1 rings (SSSR count). The van der Waals surface area contributed by atoms with Gasteiger partial charge in [-0.15, -0.1) is 0 Å². The van der Waals surface area contributed by atoms with Crippen molar-refractivity contribution in [2.45, 2.75) is 17.8 Å². The Morgan fingerprint density at radius 1 is 0.846 bits per heavy atom. The maximum absolute atomic E-state index is 12.3. The second-order valence-corrected chi connectivity index (χ2v) is 2.36. The van der Waals surface area contributed by atoms with E-state index in [9.17, 15) is 35.1 Å². The molecule has 1 atom stereocenters. The van der Waals surface area contributed by atoms with Crippen molar-refractivity contribution in [3.8, 4) is 0 Å². The SMILES string of the molecule is FC1=C(F)C(F)(C(F)(F)F)C1(F)F. The van der Waals surface area contributed by atoms with Gasteiger partial charge < -0.3 is 0 Å². The van der Waals surface area contributed by atoms with Gasteiger partial charge in [-0.2, -0.15) is 22.0 Å². The fraction of sp³-hybridized carbons (Fsp3) is 0.600. The van der Waals surface area contributed by atoms with Gasteiger partial charge in [-0.25, -0.2) is 13.2 Å². The van der Waals surface area contributed by atoms with Gasteiger partial charge in [0.25, 0.3) is 0 Å². The largest absolute Gasteiger partial charge is 0.435 e. The van der Waals surface area contributed by atoms with E-state index in [1.54, 1.807) is 0 Å². The van der Waals surface area contributed by atoms with Crippen LogP contribution in [0.4, 0.5) is 35.1 Å². The molecule has 8 heteroatoms. The van der Waals surface area contributed by atoms with Gasteiger partial charge in [-0.05, 0) is 0 Å². The fourth-order valence-electron chi connectivity index (χ4n) is 0.818. The summed E-state index contributed by atoms with van der Waals surface area (Å²) in [6.07, 6.45) is -6.17. The molecule has 0 saturated heterocycles. The Morgan fingerprint density at radius 2 is 1.23 bits per heavy atom. The number of halogens is 8. The quantitative estimate of drug-likeness (QED) is 0.541. The van der Waals surface area contributed by atoms with Crippen molar-refractivity contribution in [2.75, 3.05) is 0 Å². The minimum atomic E-state index is -6.17. The zero-order chi connectivity index (χ0) is 10.7. The van der Waals surface area contributed by atoms with Crippen LogP contribution in [0.3, 0.4) is 0 Å².